The zero-order chi connectivity index (χ0) is 26.5. The SMILES string of the molecule is CC[C@H](C)NC(=O)[C@@H](C)N(Cc1c(Cl)cccc1Cl)C(=O)CN(c1ccc(C)c(C)c1)S(C)(=O)=O. The first-order valence-electron chi connectivity index (χ1n) is 11.3. The Bertz CT molecular complexity index is 1170. The van der Waals surface area contributed by atoms with Crippen LogP contribution in [0.5, 0.6) is 0 Å². The molecule has 10 heteroatoms. The van der Waals surface area contributed by atoms with Gasteiger partial charge in [-0.3, -0.25) is 13.9 Å². The van der Waals surface area contributed by atoms with E-state index in [1.807, 2.05) is 27.7 Å². The van der Waals surface area contributed by atoms with Gasteiger partial charge in [-0.1, -0.05) is 42.3 Å². The molecule has 0 bridgehead atoms. The third-order valence-corrected chi connectivity index (χ3v) is 7.86. The summed E-state index contributed by atoms with van der Waals surface area (Å²) in [6.07, 6.45) is 1.77. The van der Waals surface area contributed by atoms with Gasteiger partial charge in [0.15, 0.2) is 0 Å². The second-order valence-corrected chi connectivity index (χ2v) is 11.5. The summed E-state index contributed by atoms with van der Waals surface area (Å²) in [5.74, 6) is -0.913. The van der Waals surface area contributed by atoms with Crippen molar-refractivity contribution in [2.45, 2.75) is 59.7 Å². The fourth-order valence-electron chi connectivity index (χ4n) is 3.40. The van der Waals surface area contributed by atoms with Gasteiger partial charge < -0.3 is 10.2 Å². The molecule has 0 spiro atoms. The molecule has 1 N–H and O–H groups in total. The number of anilines is 1. The minimum atomic E-state index is -3.80. The molecule has 35 heavy (non-hydrogen) atoms. The summed E-state index contributed by atoms with van der Waals surface area (Å²) in [6.45, 7) is 8.65. The molecule has 0 aliphatic carbocycles. The lowest BCUT2D eigenvalue weighted by atomic mass is 10.1. The fraction of sp³-hybridized carbons (Fsp3) is 0.440. The average Bonchev–Trinajstić information content (AvgIpc) is 2.77. The van der Waals surface area contributed by atoms with Gasteiger partial charge in [-0.2, -0.15) is 0 Å². The van der Waals surface area contributed by atoms with Crippen LogP contribution in [0.1, 0.15) is 43.9 Å². The van der Waals surface area contributed by atoms with Crippen LogP contribution in [0.25, 0.3) is 0 Å². The van der Waals surface area contributed by atoms with Crippen LogP contribution in [-0.2, 0) is 26.2 Å². The zero-order valence-electron chi connectivity index (χ0n) is 20.9. The van der Waals surface area contributed by atoms with Crippen LogP contribution in [-0.4, -0.2) is 50.0 Å². The Kier molecular flexibility index (Phi) is 10.0. The molecule has 2 rings (SSSR count). The van der Waals surface area contributed by atoms with E-state index in [1.165, 1.54) is 4.90 Å². The number of nitrogens with zero attached hydrogens (tertiary/aromatic N) is 2. The molecule has 0 saturated heterocycles. The van der Waals surface area contributed by atoms with E-state index >= 15 is 0 Å². The van der Waals surface area contributed by atoms with E-state index in [-0.39, 0.29) is 18.5 Å². The number of benzene rings is 2. The molecule has 0 heterocycles. The van der Waals surface area contributed by atoms with Crippen LogP contribution < -0.4 is 9.62 Å². The summed E-state index contributed by atoms with van der Waals surface area (Å²) in [5.41, 5.74) is 2.74. The molecular formula is C25H33Cl2N3O4S. The maximum Gasteiger partial charge on any atom is 0.244 e. The summed E-state index contributed by atoms with van der Waals surface area (Å²) in [6, 6.07) is 9.17. The number of aryl methyl sites for hydroxylation is 2. The first-order valence-corrected chi connectivity index (χ1v) is 13.9. The van der Waals surface area contributed by atoms with E-state index in [9.17, 15) is 18.0 Å². The van der Waals surface area contributed by atoms with Crippen molar-refractivity contribution in [2.75, 3.05) is 17.1 Å². The Morgan fingerprint density at radius 3 is 2.14 bits per heavy atom. The van der Waals surface area contributed by atoms with Crippen LogP contribution in [0.3, 0.4) is 0 Å². The van der Waals surface area contributed by atoms with Crippen molar-refractivity contribution < 1.29 is 18.0 Å². The Labute approximate surface area is 218 Å². The topological polar surface area (TPSA) is 86.8 Å². The number of rotatable bonds is 10. The monoisotopic (exact) mass is 541 g/mol. The third-order valence-electron chi connectivity index (χ3n) is 6.02. The largest absolute Gasteiger partial charge is 0.352 e. The fourth-order valence-corrected chi connectivity index (χ4v) is 4.75. The van der Waals surface area contributed by atoms with E-state index in [2.05, 4.69) is 5.32 Å². The van der Waals surface area contributed by atoms with Crippen LogP contribution >= 0.6 is 23.2 Å². The van der Waals surface area contributed by atoms with Crippen molar-refractivity contribution in [3.05, 3.63) is 63.1 Å². The van der Waals surface area contributed by atoms with E-state index in [0.717, 1.165) is 28.1 Å². The molecule has 2 amide bonds. The molecule has 2 atom stereocenters. The van der Waals surface area contributed by atoms with Gasteiger partial charge in [0.2, 0.25) is 21.8 Å². The van der Waals surface area contributed by atoms with Crippen LogP contribution in [0.15, 0.2) is 36.4 Å². The van der Waals surface area contributed by atoms with Crippen LogP contribution in [0.2, 0.25) is 10.0 Å². The highest BCUT2D eigenvalue weighted by atomic mass is 35.5. The first kappa shape index (κ1) is 28.9. The smallest absolute Gasteiger partial charge is 0.244 e. The molecule has 2 aromatic carbocycles. The van der Waals surface area contributed by atoms with Gasteiger partial charge in [0.25, 0.3) is 0 Å². The number of carbonyl (C=O) groups is 2. The zero-order valence-corrected chi connectivity index (χ0v) is 23.3. The Hall–Kier alpha value is -2.29. The van der Waals surface area contributed by atoms with E-state index in [4.69, 9.17) is 23.2 Å². The number of amides is 2. The second-order valence-electron chi connectivity index (χ2n) is 8.75. The summed E-state index contributed by atoms with van der Waals surface area (Å²) in [5, 5.41) is 3.57. The van der Waals surface area contributed by atoms with Gasteiger partial charge in [-0.05, 0) is 69.5 Å². The molecule has 0 aromatic heterocycles. The van der Waals surface area contributed by atoms with Crippen molar-refractivity contribution in [3.63, 3.8) is 0 Å². The van der Waals surface area contributed by atoms with E-state index in [1.54, 1.807) is 43.3 Å². The predicted molar refractivity (Wildman–Crippen MR) is 142 cm³/mol. The molecule has 192 valence electrons. The van der Waals surface area contributed by atoms with Crippen molar-refractivity contribution in [1.29, 1.82) is 0 Å². The van der Waals surface area contributed by atoms with Gasteiger partial charge in [-0.25, -0.2) is 8.42 Å². The maximum absolute atomic E-state index is 13.6. The van der Waals surface area contributed by atoms with Crippen LogP contribution in [0, 0.1) is 13.8 Å². The Balaban J connectivity index is 2.47. The highest BCUT2D eigenvalue weighted by molar-refractivity contribution is 7.92. The number of hydrogen-bond acceptors (Lipinski definition) is 4. The molecular weight excluding hydrogens is 509 g/mol. The molecule has 7 nitrogen and oxygen atoms in total. The van der Waals surface area contributed by atoms with Gasteiger partial charge in [0.1, 0.15) is 12.6 Å². The summed E-state index contributed by atoms with van der Waals surface area (Å²) < 4.78 is 26.4. The third kappa shape index (κ3) is 7.59. The van der Waals surface area contributed by atoms with Crippen molar-refractivity contribution in [2.24, 2.45) is 0 Å². The molecule has 0 aliphatic heterocycles. The number of sulfonamides is 1. The van der Waals surface area contributed by atoms with Crippen molar-refractivity contribution >= 4 is 50.7 Å². The summed E-state index contributed by atoms with van der Waals surface area (Å²) in [4.78, 5) is 27.9. The summed E-state index contributed by atoms with van der Waals surface area (Å²) >= 11 is 12.7. The average molecular weight is 543 g/mol. The highest BCUT2D eigenvalue weighted by Gasteiger charge is 2.31. The van der Waals surface area contributed by atoms with Crippen molar-refractivity contribution in [1.82, 2.24) is 10.2 Å². The first-order chi connectivity index (χ1) is 16.3. The van der Waals surface area contributed by atoms with Crippen molar-refractivity contribution in [3.8, 4) is 0 Å². The number of halogens is 2. The molecule has 0 unspecified atom stereocenters. The highest BCUT2D eigenvalue weighted by Crippen LogP contribution is 2.27. The van der Waals surface area contributed by atoms with Gasteiger partial charge >= 0.3 is 0 Å². The number of carbonyl (C=O) groups excluding carboxylic acids is 2. The molecule has 2 aromatic rings. The predicted octanol–water partition coefficient (Wildman–Crippen LogP) is 4.71. The quantitative estimate of drug-likeness (QED) is 0.471. The standard InChI is InChI=1S/C25H33Cl2N3O4S/c1-7-18(4)28-25(32)19(5)29(14-21-22(26)9-8-10-23(21)27)24(31)15-30(35(6,33)34)20-12-11-16(2)17(3)13-20/h8-13,18-19H,7,14-15H2,1-6H3,(H,28,32)/t18-,19+/m0/s1. The van der Waals surface area contributed by atoms with Gasteiger partial charge in [0.05, 0.1) is 11.9 Å². The number of nitrogens with one attached hydrogen (secondary N) is 1. The minimum Gasteiger partial charge on any atom is -0.352 e. The lowest BCUT2D eigenvalue weighted by Crippen LogP contribution is -2.52. The Morgan fingerprint density at radius 2 is 1.63 bits per heavy atom. The molecule has 0 saturated carbocycles. The van der Waals surface area contributed by atoms with E-state index < -0.39 is 28.5 Å². The maximum atomic E-state index is 13.6. The molecule has 0 fully saturated rings. The normalized spacial score (nSPS) is 13.1. The molecule has 0 radical (unpaired) electrons. The van der Waals surface area contributed by atoms with Gasteiger partial charge in [-0.15, -0.1) is 0 Å². The van der Waals surface area contributed by atoms with E-state index in [0.29, 0.717) is 21.3 Å². The second kappa shape index (κ2) is 12.1. The summed E-state index contributed by atoms with van der Waals surface area (Å²) in [7, 11) is -3.80. The van der Waals surface area contributed by atoms with Gasteiger partial charge in [0, 0.05) is 28.2 Å². The minimum absolute atomic E-state index is 0.0586. The lowest BCUT2D eigenvalue weighted by molar-refractivity contribution is -0.139. The lowest BCUT2D eigenvalue weighted by Gasteiger charge is -2.32. The molecule has 0 aliphatic rings. The van der Waals surface area contributed by atoms with Crippen LogP contribution in [0.4, 0.5) is 5.69 Å². The number of hydrogen-bond donors (Lipinski definition) is 1. The Morgan fingerprint density at radius 1 is 1.03 bits per heavy atom.